The molecule has 0 aromatic heterocycles. The zero-order valence-corrected chi connectivity index (χ0v) is 19.6. The number of carbonyl (C=O) groups excluding carboxylic acids is 1. The van der Waals surface area contributed by atoms with Crippen LogP contribution in [0.15, 0.2) is 48.5 Å². The first-order valence-electron chi connectivity index (χ1n) is 11.6. The molecule has 2 aliphatic heterocycles. The van der Waals surface area contributed by atoms with Gasteiger partial charge in [-0.15, -0.1) is 0 Å². The maximum Gasteiger partial charge on any atom is 0.320 e. The second kappa shape index (κ2) is 9.70. The van der Waals surface area contributed by atoms with E-state index in [-0.39, 0.29) is 30.7 Å². The molecule has 2 amide bonds. The number of benzene rings is 2. The van der Waals surface area contributed by atoms with Gasteiger partial charge >= 0.3 is 6.03 Å². The van der Waals surface area contributed by atoms with Gasteiger partial charge in [0.25, 0.3) is 6.43 Å². The fourth-order valence-electron chi connectivity index (χ4n) is 5.35. The summed E-state index contributed by atoms with van der Waals surface area (Å²) in [6.07, 6.45) is -0.224. The van der Waals surface area contributed by atoms with E-state index in [1.54, 1.807) is 4.90 Å². The molecule has 5 rings (SSSR count). The molecule has 9 heteroatoms. The molecule has 0 radical (unpaired) electrons. The van der Waals surface area contributed by atoms with Crippen molar-refractivity contribution in [3.8, 4) is 16.9 Å². The third-order valence-electron chi connectivity index (χ3n) is 7.15. The molecule has 182 valence electrons. The molecule has 1 N–H and O–H groups in total. The lowest BCUT2D eigenvalue weighted by molar-refractivity contribution is 0.0762. The fourth-order valence-corrected chi connectivity index (χ4v) is 6.00. The van der Waals surface area contributed by atoms with Crippen LogP contribution in [-0.4, -0.2) is 66.6 Å². The van der Waals surface area contributed by atoms with Crippen molar-refractivity contribution in [1.29, 1.82) is 0 Å². The maximum atomic E-state index is 13.6. The Morgan fingerprint density at radius 1 is 1.18 bits per heavy atom. The first-order chi connectivity index (χ1) is 16.5. The van der Waals surface area contributed by atoms with Crippen molar-refractivity contribution >= 4 is 18.0 Å². The second-order valence-electron chi connectivity index (χ2n) is 9.28. The van der Waals surface area contributed by atoms with Crippen molar-refractivity contribution in [1.82, 2.24) is 14.5 Å². The van der Waals surface area contributed by atoms with Crippen LogP contribution >= 0.6 is 11.9 Å². The Bertz CT molecular complexity index is 1040. The molecular formula is C25H28F3N3O2S. The van der Waals surface area contributed by atoms with Gasteiger partial charge in [-0.3, -0.25) is 4.72 Å². The predicted octanol–water partition coefficient (Wildman–Crippen LogP) is 4.97. The molecule has 1 aliphatic carbocycles. The van der Waals surface area contributed by atoms with Crippen molar-refractivity contribution in [2.45, 2.75) is 37.8 Å². The summed E-state index contributed by atoms with van der Waals surface area (Å²) >= 11 is 1.01. The third-order valence-corrected chi connectivity index (χ3v) is 7.68. The SMILES string of the molecule is O=C1N(CC(F)F)CCOc2ccccc2-c2cccc(c2)CC2C(NSCF)C3(CC3)CN12. The van der Waals surface area contributed by atoms with Crippen LogP contribution in [0.25, 0.3) is 11.1 Å². The highest BCUT2D eigenvalue weighted by Crippen LogP contribution is 2.56. The van der Waals surface area contributed by atoms with Crippen molar-refractivity contribution in [2.24, 2.45) is 5.41 Å². The number of fused-ring (bicyclic) bond motifs is 5. The van der Waals surface area contributed by atoms with Gasteiger partial charge < -0.3 is 14.5 Å². The van der Waals surface area contributed by atoms with E-state index < -0.39 is 25.0 Å². The molecule has 2 aromatic carbocycles. The van der Waals surface area contributed by atoms with Gasteiger partial charge in [-0.25, -0.2) is 18.0 Å². The van der Waals surface area contributed by atoms with Crippen LogP contribution in [0.3, 0.4) is 0 Å². The number of alkyl halides is 3. The quantitative estimate of drug-likeness (QED) is 0.600. The van der Waals surface area contributed by atoms with Crippen molar-refractivity contribution in [2.75, 3.05) is 32.2 Å². The molecule has 2 aromatic rings. The summed E-state index contributed by atoms with van der Waals surface area (Å²) in [7, 11) is 0. The highest BCUT2D eigenvalue weighted by atomic mass is 32.2. The van der Waals surface area contributed by atoms with Crippen LogP contribution in [0.2, 0.25) is 0 Å². The summed E-state index contributed by atoms with van der Waals surface area (Å²) < 4.78 is 49.2. The lowest BCUT2D eigenvalue weighted by Crippen LogP contribution is -2.51. The summed E-state index contributed by atoms with van der Waals surface area (Å²) in [4.78, 5) is 16.6. The number of halogens is 3. The fraction of sp³-hybridized carbons (Fsp3) is 0.480. The number of nitrogens with zero attached hydrogens (tertiary/aromatic N) is 2. The van der Waals surface area contributed by atoms with Crippen molar-refractivity contribution < 1.29 is 22.7 Å². The van der Waals surface area contributed by atoms with Crippen LogP contribution < -0.4 is 9.46 Å². The standard InChI is InChI=1S/C25H28F3N3O2S/c26-16-34-29-23-20-13-17-4-3-5-18(12-17)19-6-1-2-7-21(19)33-11-10-30(14-22(27)28)24(32)31(20)15-25(23)8-9-25/h1-7,12,20,22-23,29H,8-11,13-16H2. The van der Waals surface area contributed by atoms with E-state index in [9.17, 15) is 18.0 Å². The zero-order valence-electron chi connectivity index (χ0n) is 18.8. The molecule has 1 saturated carbocycles. The van der Waals surface area contributed by atoms with Gasteiger partial charge in [0.2, 0.25) is 0 Å². The minimum atomic E-state index is -2.64. The Labute approximate surface area is 201 Å². The van der Waals surface area contributed by atoms with E-state index in [0.717, 1.165) is 41.5 Å². The predicted molar refractivity (Wildman–Crippen MR) is 127 cm³/mol. The van der Waals surface area contributed by atoms with Crippen LogP contribution in [0.1, 0.15) is 18.4 Å². The Hall–Kier alpha value is -2.39. The van der Waals surface area contributed by atoms with Gasteiger partial charge in [-0.1, -0.05) is 42.5 Å². The monoisotopic (exact) mass is 491 g/mol. The first kappa shape index (κ1) is 23.4. The van der Waals surface area contributed by atoms with E-state index in [1.165, 1.54) is 4.90 Å². The average molecular weight is 492 g/mol. The maximum absolute atomic E-state index is 13.6. The van der Waals surface area contributed by atoms with E-state index in [4.69, 9.17) is 4.74 Å². The number of hydrogen-bond acceptors (Lipinski definition) is 4. The van der Waals surface area contributed by atoms with E-state index in [1.807, 2.05) is 42.5 Å². The summed E-state index contributed by atoms with van der Waals surface area (Å²) in [5.74, 6) is 0.652. The summed E-state index contributed by atoms with van der Waals surface area (Å²) in [5.41, 5.74) is 2.82. The lowest BCUT2D eigenvalue weighted by atomic mass is 9.91. The van der Waals surface area contributed by atoms with Gasteiger partial charge in [-0.2, -0.15) is 0 Å². The van der Waals surface area contributed by atoms with E-state index in [2.05, 4.69) is 10.8 Å². The summed E-state index contributed by atoms with van der Waals surface area (Å²) in [6.45, 7) is 0.00743. The molecule has 34 heavy (non-hydrogen) atoms. The molecule has 5 nitrogen and oxygen atoms in total. The number of carbonyl (C=O) groups is 1. The van der Waals surface area contributed by atoms with Crippen LogP contribution in [0, 0.1) is 5.41 Å². The molecule has 2 bridgehead atoms. The molecule has 2 unspecified atom stereocenters. The third kappa shape index (κ3) is 4.60. The smallest absolute Gasteiger partial charge is 0.320 e. The van der Waals surface area contributed by atoms with Gasteiger partial charge in [0.15, 0.2) is 0 Å². The number of rotatable bonds is 5. The number of para-hydroxylation sites is 1. The second-order valence-corrected chi connectivity index (χ2v) is 10.0. The van der Waals surface area contributed by atoms with Crippen LogP contribution in [-0.2, 0) is 6.42 Å². The lowest BCUT2D eigenvalue weighted by Gasteiger charge is -2.33. The van der Waals surface area contributed by atoms with Gasteiger partial charge in [-0.05, 0) is 48.4 Å². The number of amides is 2. The first-order valence-corrected chi connectivity index (χ1v) is 12.6. The molecular weight excluding hydrogens is 463 g/mol. The minimum Gasteiger partial charge on any atom is -0.491 e. The molecule has 1 saturated heterocycles. The largest absolute Gasteiger partial charge is 0.491 e. The Balaban J connectivity index is 1.55. The van der Waals surface area contributed by atoms with Gasteiger partial charge in [0, 0.05) is 23.6 Å². The molecule has 2 heterocycles. The molecule has 2 atom stereocenters. The highest BCUT2D eigenvalue weighted by molar-refractivity contribution is 7.97. The van der Waals surface area contributed by atoms with E-state index in [0.29, 0.717) is 18.7 Å². The van der Waals surface area contributed by atoms with Crippen LogP contribution in [0.5, 0.6) is 5.75 Å². The normalized spacial score (nSPS) is 23.6. The van der Waals surface area contributed by atoms with Gasteiger partial charge in [0.1, 0.15) is 18.4 Å². The number of urea groups is 1. The minimum absolute atomic E-state index is 0.0582. The number of nitrogens with one attached hydrogen (secondary N) is 1. The van der Waals surface area contributed by atoms with Crippen molar-refractivity contribution in [3.63, 3.8) is 0 Å². The number of ether oxygens (including phenoxy) is 1. The topological polar surface area (TPSA) is 44.8 Å². The molecule has 3 aliphatic rings. The van der Waals surface area contributed by atoms with Crippen molar-refractivity contribution in [3.05, 3.63) is 54.1 Å². The summed E-state index contributed by atoms with van der Waals surface area (Å²) in [5, 5.41) is 0. The molecule has 2 fully saturated rings. The van der Waals surface area contributed by atoms with Crippen LogP contribution in [0.4, 0.5) is 18.0 Å². The van der Waals surface area contributed by atoms with Gasteiger partial charge in [0.05, 0.1) is 19.1 Å². The highest BCUT2D eigenvalue weighted by Gasteiger charge is 2.60. The average Bonchev–Trinajstić information content (AvgIpc) is 3.54. The summed E-state index contributed by atoms with van der Waals surface area (Å²) in [6, 6.07) is 14.4. The number of hydrogen-bond donors (Lipinski definition) is 1. The Morgan fingerprint density at radius 2 is 2.00 bits per heavy atom. The van der Waals surface area contributed by atoms with E-state index >= 15 is 0 Å². The molecule has 1 spiro atoms. The Kier molecular flexibility index (Phi) is 6.66. The Morgan fingerprint density at radius 3 is 2.76 bits per heavy atom. The zero-order chi connectivity index (χ0) is 23.7.